The average Bonchev–Trinajstić information content (AvgIpc) is 2.56. The topological polar surface area (TPSA) is 108 Å². The lowest BCUT2D eigenvalue weighted by Crippen LogP contribution is -2.16. The fraction of sp³-hybridized carbons (Fsp3) is 0.0667. The molecule has 0 radical (unpaired) electrons. The fourth-order valence-electron chi connectivity index (χ4n) is 1.79. The largest absolute Gasteiger partial charge is 0.348 e. The van der Waals surface area contributed by atoms with Gasteiger partial charge in [0.25, 0.3) is 5.69 Å². The van der Waals surface area contributed by atoms with Crippen molar-refractivity contribution >= 4 is 31.9 Å². The van der Waals surface area contributed by atoms with Crippen molar-refractivity contribution in [2.75, 3.05) is 6.54 Å². The third-order valence-corrected chi connectivity index (χ3v) is 3.33. The number of benzene rings is 2. The Hall–Kier alpha value is -2.63. The van der Waals surface area contributed by atoms with E-state index in [1.807, 2.05) is 12.1 Å². The highest BCUT2D eigenvalue weighted by Gasteiger charge is 2.12. The van der Waals surface area contributed by atoms with Crippen LogP contribution < -0.4 is 11.0 Å². The molecule has 0 aliphatic carbocycles. The molecule has 0 aliphatic rings. The van der Waals surface area contributed by atoms with Gasteiger partial charge in [-0.1, -0.05) is 29.4 Å². The van der Waals surface area contributed by atoms with Gasteiger partial charge in [0, 0.05) is 23.3 Å². The van der Waals surface area contributed by atoms with E-state index < -0.39 is 10.9 Å². The number of nitro groups is 1. The molecular formula is C15H14N3O4P. The van der Waals surface area contributed by atoms with Crippen molar-refractivity contribution in [3.8, 4) is 0 Å². The standard InChI is InChI=1S/C15H14N3O4P/c16-9-14(19)22-17-15(11-3-7-13(23)8-4-11)10-1-5-12(6-2-10)18(20)21/h1-8H,9,16,23H2. The summed E-state index contributed by atoms with van der Waals surface area (Å²) < 4.78 is 0. The average molecular weight is 331 g/mol. The van der Waals surface area contributed by atoms with Gasteiger partial charge in [-0.3, -0.25) is 10.1 Å². The molecule has 2 N–H and O–H groups in total. The number of non-ortho nitro benzene ring substituents is 1. The number of nitrogens with two attached hydrogens (primary N) is 1. The Balaban J connectivity index is 2.42. The smallest absolute Gasteiger partial charge is 0.321 e. The monoisotopic (exact) mass is 331 g/mol. The third-order valence-electron chi connectivity index (χ3n) is 2.94. The quantitative estimate of drug-likeness (QED) is 0.292. The van der Waals surface area contributed by atoms with Crippen LogP contribution in [0.1, 0.15) is 11.1 Å². The number of nitrogens with zero attached hydrogens (tertiary/aromatic N) is 2. The minimum Gasteiger partial charge on any atom is -0.321 e. The van der Waals surface area contributed by atoms with E-state index in [4.69, 9.17) is 10.6 Å². The molecule has 2 rings (SSSR count). The zero-order valence-corrected chi connectivity index (χ0v) is 13.2. The van der Waals surface area contributed by atoms with Gasteiger partial charge >= 0.3 is 5.97 Å². The third kappa shape index (κ3) is 4.42. The van der Waals surface area contributed by atoms with Crippen LogP contribution in [0.25, 0.3) is 0 Å². The fourth-order valence-corrected chi connectivity index (χ4v) is 1.98. The molecule has 23 heavy (non-hydrogen) atoms. The molecule has 0 amide bonds. The van der Waals surface area contributed by atoms with E-state index in [0.717, 1.165) is 5.30 Å². The lowest BCUT2D eigenvalue weighted by Gasteiger charge is -2.07. The predicted molar refractivity (Wildman–Crippen MR) is 89.7 cm³/mol. The Morgan fingerprint density at radius 3 is 2.13 bits per heavy atom. The molecule has 0 spiro atoms. The second kappa shape index (κ2) is 7.58. The van der Waals surface area contributed by atoms with E-state index in [-0.39, 0.29) is 12.2 Å². The number of nitro benzene ring substituents is 1. The first-order valence-electron chi connectivity index (χ1n) is 6.60. The second-order valence-electron chi connectivity index (χ2n) is 4.53. The second-order valence-corrected chi connectivity index (χ2v) is 5.20. The summed E-state index contributed by atoms with van der Waals surface area (Å²) in [7, 11) is 2.56. The Morgan fingerprint density at radius 1 is 1.13 bits per heavy atom. The lowest BCUT2D eigenvalue weighted by atomic mass is 10.0. The maximum atomic E-state index is 11.2. The van der Waals surface area contributed by atoms with Crippen molar-refractivity contribution < 1.29 is 14.6 Å². The summed E-state index contributed by atoms with van der Waals surface area (Å²) in [6.07, 6.45) is 0. The van der Waals surface area contributed by atoms with Crippen molar-refractivity contribution in [3.63, 3.8) is 0 Å². The Bertz CT molecular complexity index is 742. The number of oxime groups is 1. The molecule has 8 heteroatoms. The van der Waals surface area contributed by atoms with Gasteiger partial charge in [-0.25, -0.2) is 4.79 Å². The van der Waals surface area contributed by atoms with Crippen molar-refractivity contribution in [1.82, 2.24) is 0 Å². The summed E-state index contributed by atoms with van der Waals surface area (Å²) in [5.41, 5.74) is 6.82. The number of hydrogen-bond donors (Lipinski definition) is 1. The summed E-state index contributed by atoms with van der Waals surface area (Å²) in [6.45, 7) is -0.290. The number of hydrogen-bond acceptors (Lipinski definition) is 6. The molecule has 2 aromatic carbocycles. The highest BCUT2D eigenvalue weighted by molar-refractivity contribution is 7.27. The van der Waals surface area contributed by atoms with Crippen LogP contribution in [0.2, 0.25) is 0 Å². The van der Waals surface area contributed by atoms with E-state index in [1.165, 1.54) is 12.1 Å². The van der Waals surface area contributed by atoms with Crippen LogP contribution in [0.4, 0.5) is 5.69 Å². The molecule has 118 valence electrons. The molecule has 2 aromatic rings. The van der Waals surface area contributed by atoms with Gasteiger partial charge < -0.3 is 10.6 Å². The lowest BCUT2D eigenvalue weighted by molar-refractivity contribution is -0.384. The van der Waals surface area contributed by atoms with Crippen LogP contribution in [0.15, 0.2) is 53.7 Å². The van der Waals surface area contributed by atoms with Gasteiger partial charge in [0.15, 0.2) is 0 Å². The zero-order chi connectivity index (χ0) is 16.8. The molecule has 0 aliphatic heterocycles. The molecule has 0 saturated carbocycles. The minimum absolute atomic E-state index is 0.0349. The summed E-state index contributed by atoms with van der Waals surface area (Å²) in [4.78, 5) is 26.2. The van der Waals surface area contributed by atoms with Crippen molar-refractivity contribution in [1.29, 1.82) is 0 Å². The first-order valence-corrected chi connectivity index (χ1v) is 7.17. The van der Waals surface area contributed by atoms with Crippen LogP contribution in [-0.4, -0.2) is 23.1 Å². The normalized spacial score (nSPS) is 11.1. The van der Waals surface area contributed by atoms with Gasteiger partial charge in [0.2, 0.25) is 0 Å². The molecule has 1 atom stereocenters. The Morgan fingerprint density at radius 2 is 1.65 bits per heavy atom. The summed E-state index contributed by atoms with van der Waals surface area (Å²) in [5, 5.41) is 15.6. The molecule has 0 saturated heterocycles. The van der Waals surface area contributed by atoms with Crippen LogP contribution in [0, 0.1) is 10.1 Å². The molecule has 7 nitrogen and oxygen atoms in total. The highest BCUT2D eigenvalue weighted by Crippen LogP contribution is 2.16. The van der Waals surface area contributed by atoms with Gasteiger partial charge in [0.1, 0.15) is 5.71 Å². The summed E-state index contributed by atoms with van der Waals surface area (Å²) >= 11 is 0. The first-order chi connectivity index (χ1) is 11.0. The van der Waals surface area contributed by atoms with Gasteiger partial charge in [-0.2, -0.15) is 0 Å². The molecule has 1 unspecified atom stereocenters. The van der Waals surface area contributed by atoms with Crippen LogP contribution >= 0.6 is 9.24 Å². The summed E-state index contributed by atoms with van der Waals surface area (Å²) in [6, 6.07) is 13.1. The predicted octanol–water partition coefficient (Wildman–Crippen LogP) is 1.35. The van der Waals surface area contributed by atoms with E-state index in [1.54, 1.807) is 24.3 Å². The van der Waals surface area contributed by atoms with E-state index in [2.05, 4.69) is 14.4 Å². The van der Waals surface area contributed by atoms with Crippen LogP contribution in [-0.2, 0) is 9.63 Å². The summed E-state index contributed by atoms with van der Waals surface area (Å²) in [5.74, 6) is -0.674. The maximum Gasteiger partial charge on any atom is 0.348 e. The van der Waals surface area contributed by atoms with Crippen molar-refractivity contribution in [3.05, 3.63) is 69.8 Å². The van der Waals surface area contributed by atoms with Gasteiger partial charge in [-0.15, -0.1) is 9.24 Å². The van der Waals surface area contributed by atoms with E-state index >= 15 is 0 Å². The Kier molecular flexibility index (Phi) is 5.51. The van der Waals surface area contributed by atoms with E-state index in [9.17, 15) is 14.9 Å². The first kappa shape index (κ1) is 16.7. The molecular weight excluding hydrogens is 317 g/mol. The molecule has 0 fully saturated rings. The Labute approximate surface area is 134 Å². The number of rotatable bonds is 5. The van der Waals surface area contributed by atoms with Crippen LogP contribution in [0.5, 0.6) is 0 Å². The van der Waals surface area contributed by atoms with Crippen molar-refractivity contribution in [2.24, 2.45) is 10.9 Å². The number of carbonyl (C=O) groups excluding carboxylic acids is 1. The highest BCUT2D eigenvalue weighted by atomic mass is 31.0. The SMILES string of the molecule is NCC(=O)ON=C(c1ccc(P)cc1)c1ccc([N+](=O)[O-])cc1. The van der Waals surface area contributed by atoms with Gasteiger partial charge in [-0.05, 0) is 17.4 Å². The van der Waals surface area contributed by atoms with E-state index in [0.29, 0.717) is 16.8 Å². The van der Waals surface area contributed by atoms with Crippen LogP contribution in [0.3, 0.4) is 0 Å². The van der Waals surface area contributed by atoms with Gasteiger partial charge in [0.05, 0.1) is 11.5 Å². The molecule has 0 bridgehead atoms. The zero-order valence-electron chi connectivity index (χ0n) is 12.0. The molecule has 0 heterocycles. The van der Waals surface area contributed by atoms with Crippen molar-refractivity contribution in [2.45, 2.75) is 0 Å². The number of carbonyl (C=O) groups is 1. The molecule has 0 aromatic heterocycles. The maximum absolute atomic E-state index is 11.2. The minimum atomic E-state index is -0.674.